The smallest absolute Gasteiger partial charge is 0.335 e. The molecule has 3 atom stereocenters. The highest BCUT2D eigenvalue weighted by Gasteiger charge is 2.58. The van der Waals surface area contributed by atoms with Crippen molar-refractivity contribution in [1.82, 2.24) is 4.57 Å². The van der Waals surface area contributed by atoms with E-state index in [0.717, 1.165) is 37.7 Å². The maximum absolute atomic E-state index is 13.6. The first-order valence-corrected chi connectivity index (χ1v) is 16.1. The van der Waals surface area contributed by atoms with Crippen LogP contribution in [0.4, 0.5) is 0 Å². The number of carbonyl (C=O) groups is 2. The van der Waals surface area contributed by atoms with Crippen LogP contribution < -0.4 is 0 Å². The van der Waals surface area contributed by atoms with Crippen LogP contribution in [-0.2, 0) is 25.7 Å². The van der Waals surface area contributed by atoms with Crippen LogP contribution in [0.5, 0.6) is 0 Å². The van der Waals surface area contributed by atoms with Crippen molar-refractivity contribution >= 4 is 20.1 Å². The van der Waals surface area contributed by atoms with Gasteiger partial charge < -0.3 is 14.0 Å². The summed E-state index contributed by atoms with van der Waals surface area (Å²) in [5.74, 6) is 0.299. The third kappa shape index (κ3) is 5.93. The lowest BCUT2D eigenvalue weighted by Gasteiger charge is -2.59. The fourth-order valence-corrected chi connectivity index (χ4v) is 7.67. The highest BCUT2D eigenvalue weighted by Crippen LogP contribution is 2.45. The van der Waals surface area contributed by atoms with Crippen molar-refractivity contribution in [2.75, 3.05) is 0 Å². The summed E-state index contributed by atoms with van der Waals surface area (Å²) in [6, 6.07) is 9.77. The summed E-state index contributed by atoms with van der Waals surface area (Å²) in [5, 5.41) is 0.0558. The second-order valence-corrected chi connectivity index (χ2v) is 17.3. The van der Waals surface area contributed by atoms with Crippen LogP contribution in [0.15, 0.2) is 30.3 Å². The zero-order chi connectivity index (χ0) is 25.1. The van der Waals surface area contributed by atoms with Crippen molar-refractivity contribution in [2.24, 2.45) is 11.8 Å². The Morgan fingerprint density at radius 1 is 1.09 bits per heavy atom. The van der Waals surface area contributed by atoms with Gasteiger partial charge in [0.05, 0.1) is 6.04 Å². The van der Waals surface area contributed by atoms with Gasteiger partial charge in [0.15, 0.2) is 20.4 Å². The van der Waals surface area contributed by atoms with E-state index in [1.807, 2.05) is 30.3 Å². The topological polar surface area (TPSA) is 55.8 Å². The van der Waals surface area contributed by atoms with Gasteiger partial charge in [0.25, 0.3) is 0 Å². The quantitative estimate of drug-likeness (QED) is 0.232. The first-order valence-electron chi connectivity index (χ1n) is 13.1. The van der Waals surface area contributed by atoms with Crippen molar-refractivity contribution in [3.63, 3.8) is 0 Å². The van der Waals surface area contributed by atoms with Crippen LogP contribution in [0.1, 0.15) is 78.7 Å². The predicted molar refractivity (Wildman–Crippen MR) is 139 cm³/mol. The van der Waals surface area contributed by atoms with E-state index in [0.29, 0.717) is 5.92 Å². The molecular formula is C28H45NO4Si. The molecule has 0 radical (unpaired) electrons. The third-order valence-corrected chi connectivity index (χ3v) is 13.6. The first-order chi connectivity index (χ1) is 15.9. The molecule has 190 valence electrons. The maximum atomic E-state index is 13.6. The average molecular weight is 488 g/mol. The number of β-lactam (4-membered cyclic amide) rings is 1. The first kappa shape index (κ1) is 26.9. The largest absolute Gasteiger partial charge is 0.459 e. The van der Waals surface area contributed by atoms with Gasteiger partial charge in [-0.1, -0.05) is 97.3 Å². The summed E-state index contributed by atoms with van der Waals surface area (Å²) in [6.45, 7) is 15.9. The molecule has 5 nitrogen and oxygen atoms in total. The normalized spacial score (nSPS) is 23.1. The Labute approximate surface area is 207 Å². The molecule has 0 unspecified atom stereocenters. The number of benzene rings is 1. The van der Waals surface area contributed by atoms with E-state index in [1.165, 1.54) is 6.42 Å². The van der Waals surface area contributed by atoms with Crippen LogP contribution in [-0.4, -0.2) is 42.9 Å². The second-order valence-electron chi connectivity index (χ2n) is 12.2. The number of hydrogen-bond acceptors (Lipinski definition) is 4. The summed E-state index contributed by atoms with van der Waals surface area (Å²) in [4.78, 5) is 26.9. The van der Waals surface area contributed by atoms with Crippen LogP contribution in [0.2, 0.25) is 18.1 Å². The number of amides is 1. The molecule has 1 aromatic carbocycles. The highest BCUT2D eigenvalue weighted by molar-refractivity contribution is 6.80. The number of carbonyl (C=O) groups excluding carboxylic acids is 2. The summed E-state index contributed by atoms with van der Waals surface area (Å²) in [5.41, 5.74) is 0.958. The van der Waals surface area contributed by atoms with Gasteiger partial charge in [-0.15, -0.1) is 0 Å². The summed E-state index contributed by atoms with van der Waals surface area (Å²) < 4.78 is 14.4. The van der Waals surface area contributed by atoms with Crippen molar-refractivity contribution < 1.29 is 19.1 Å². The molecule has 1 aliphatic carbocycles. The van der Waals surface area contributed by atoms with E-state index >= 15 is 0 Å². The fourth-order valence-electron chi connectivity index (χ4n) is 5.20. The van der Waals surface area contributed by atoms with Gasteiger partial charge >= 0.3 is 5.97 Å². The zero-order valence-corrected chi connectivity index (χ0v) is 23.3. The SMILES string of the molecule is CC(C)C[C@H]1[C@H](O[C@H](C(=O)OCc2ccccc2)C2CCCCC2)C(=O)N1[Si](C)(C)C(C)(C)C. The molecule has 34 heavy (non-hydrogen) atoms. The number of nitrogens with zero attached hydrogens (tertiary/aromatic N) is 1. The van der Waals surface area contributed by atoms with E-state index < -0.39 is 20.4 Å². The molecular weight excluding hydrogens is 442 g/mol. The molecule has 6 heteroatoms. The molecule has 2 aliphatic rings. The number of rotatable bonds is 9. The van der Waals surface area contributed by atoms with Gasteiger partial charge in [0.2, 0.25) is 5.91 Å². The zero-order valence-electron chi connectivity index (χ0n) is 22.3. The van der Waals surface area contributed by atoms with Gasteiger partial charge in [0, 0.05) is 0 Å². The molecule has 0 spiro atoms. The highest BCUT2D eigenvalue weighted by atomic mass is 28.3. The van der Waals surface area contributed by atoms with Crippen LogP contribution >= 0.6 is 0 Å². The van der Waals surface area contributed by atoms with Crippen molar-refractivity contribution in [1.29, 1.82) is 0 Å². The Balaban J connectivity index is 1.79. The van der Waals surface area contributed by atoms with Crippen molar-refractivity contribution in [3.05, 3.63) is 35.9 Å². The summed E-state index contributed by atoms with van der Waals surface area (Å²) >= 11 is 0. The van der Waals surface area contributed by atoms with E-state index in [2.05, 4.69) is 52.3 Å². The monoisotopic (exact) mass is 487 g/mol. The van der Waals surface area contributed by atoms with E-state index in [1.54, 1.807) is 0 Å². The lowest BCUT2D eigenvalue weighted by molar-refractivity contribution is -0.190. The van der Waals surface area contributed by atoms with E-state index in [9.17, 15) is 9.59 Å². The Morgan fingerprint density at radius 3 is 2.26 bits per heavy atom. The molecule has 1 heterocycles. The maximum Gasteiger partial charge on any atom is 0.335 e. The molecule has 1 saturated carbocycles. The van der Waals surface area contributed by atoms with Gasteiger partial charge in [-0.2, -0.15) is 0 Å². The molecule has 0 aromatic heterocycles. The molecule has 1 amide bonds. The van der Waals surface area contributed by atoms with Gasteiger partial charge in [-0.25, -0.2) is 4.79 Å². The fraction of sp³-hybridized carbons (Fsp3) is 0.714. The second kappa shape index (κ2) is 10.9. The third-order valence-electron chi connectivity index (χ3n) is 8.14. The van der Waals surface area contributed by atoms with Crippen molar-refractivity contribution in [2.45, 2.75) is 116 Å². The Hall–Kier alpha value is -1.66. The van der Waals surface area contributed by atoms with Crippen LogP contribution in [0.25, 0.3) is 0 Å². The number of ether oxygens (including phenoxy) is 2. The minimum absolute atomic E-state index is 0.0291. The van der Waals surface area contributed by atoms with Gasteiger partial charge in [-0.3, -0.25) is 4.79 Å². The Kier molecular flexibility index (Phi) is 8.67. The number of esters is 1. The lowest BCUT2D eigenvalue weighted by atomic mass is 9.84. The van der Waals surface area contributed by atoms with E-state index in [4.69, 9.17) is 9.47 Å². The Bertz CT molecular complexity index is 827. The summed E-state index contributed by atoms with van der Waals surface area (Å²) in [7, 11) is -2.05. The van der Waals surface area contributed by atoms with Crippen LogP contribution in [0, 0.1) is 11.8 Å². The molecule has 0 bridgehead atoms. The molecule has 1 aromatic rings. The Morgan fingerprint density at radius 2 is 1.71 bits per heavy atom. The standard InChI is InChI=1S/C28H45NO4Si/c1-20(2)18-23-25(26(30)29(23)34(6,7)28(3,4)5)33-24(22-16-12-9-13-17-22)27(31)32-19-21-14-10-8-11-15-21/h8,10-11,14-15,20,22-25H,9,12-13,16-19H2,1-7H3/t23-,24-,25-/m0/s1. The lowest BCUT2D eigenvalue weighted by Crippen LogP contribution is -2.76. The van der Waals surface area contributed by atoms with E-state index in [-0.39, 0.29) is 35.5 Å². The number of hydrogen-bond donors (Lipinski definition) is 0. The molecule has 1 saturated heterocycles. The molecule has 2 fully saturated rings. The van der Waals surface area contributed by atoms with Crippen LogP contribution in [0.3, 0.4) is 0 Å². The minimum atomic E-state index is -2.05. The van der Waals surface area contributed by atoms with Gasteiger partial charge in [-0.05, 0) is 41.7 Å². The average Bonchev–Trinajstić information content (AvgIpc) is 2.77. The molecule has 1 aliphatic heterocycles. The van der Waals surface area contributed by atoms with Crippen molar-refractivity contribution in [3.8, 4) is 0 Å². The van der Waals surface area contributed by atoms with Gasteiger partial charge in [0.1, 0.15) is 6.61 Å². The predicted octanol–water partition coefficient (Wildman–Crippen LogP) is 6.33. The summed E-state index contributed by atoms with van der Waals surface area (Å²) in [6.07, 6.45) is 4.96. The molecule has 0 N–H and O–H groups in total. The minimum Gasteiger partial charge on any atom is -0.459 e. The molecule has 3 rings (SSSR count).